The molecule has 0 saturated carbocycles. The van der Waals surface area contributed by atoms with Crippen molar-refractivity contribution in [1.29, 1.82) is 0 Å². The minimum Gasteiger partial charge on any atom is -0.379 e. The summed E-state index contributed by atoms with van der Waals surface area (Å²) in [4.78, 5) is 22.4. The number of hydrogen-bond acceptors (Lipinski definition) is 5. The Labute approximate surface area is 228 Å². The van der Waals surface area contributed by atoms with Crippen LogP contribution in [0.15, 0.2) is 96.5 Å². The number of nitrogens with one attached hydrogen (secondary N) is 1. The highest BCUT2D eigenvalue weighted by atomic mass is 32.1. The van der Waals surface area contributed by atoms with Crippen molar-refractivity contribution in [2.75, 3.05) is 51.3 Å². The van der Waals surface area contributed by atoms with Crippen LogP contribution in [0.3, 0.4) is 0 Å². The van der Waals surface area contributed by atoms with E-state index in [1.165, 1.54) is 11.1 Å². The second kappa shape index (κ2) is 13.3. The average molecular weight is 527 g/mol. The predicted octanol–water partition coefficient (Wildman–Crippen LogP) is 6.20. The fraction of sp³-hybridized carbons (Fsp3) is 0.290. The largest absolute Gasteiger partial charge is 0.379 e. The summed E-state index contributed by atoms with van der Waals surface area (Å²) in [7, 11) is 0. The molecule has 0 unspecified atom stereocenters. The Morgan fingerprint density at radius 2 is 1.66 bits per heavy atom. The molecule has 38 heavy (non-hydrogen) atoms. The number of urea groups is 1. The summed E-state index contributed by atoms with van der Waals surface area (Å²) in [5.41, 5.74) is 4.32. The molecule has 1 aromatic heterocycles. The molecular formula is C31H34N4O2S. The summed E-state index contributed by atoms with van der Waals surface area (Å²) >= 11 is 1.59. The van der Waals surface area contributed by atoms with Crippen LogP contribution in [-0.2, 0) is 4.74 Å². The monoisotopic (exact) mass is 526 g/mol. The lowest BCUT2D eigenvalue weighted by Gasteiger charge is -2.31. The summed E-state index contributed by atoms with van der Waals surface area (Å²) in [5, 5.41) is 6.06. The molecule has 2 amide bonds. The van der Waals surface area contributed by atoms with E-state index in [1.54, 1.807) is 17.5 Å². The lowest BCUT2D eigenvalue weighted by Crippen LogP contribution is -2.44. The van der Waals surface area contributed by atoms with Crippen molar-refractivity contribution in [2.45, 2.75) is 12.3 Å². The van der Waals surface area contributed by atoms with E-state index in [-0.39, 0.29) is 11.9 Å². The van der Waals surface area contributed by atoms with Gasteiger partial charge in [-0.2, -0.15) is 0 Å². The molecule has 196 valence electrons. The van der Waals surface area contributed by atoms with Crippen molar-refractivity contribution in [3.8, 4) is 10.6 Å². The van der Waals surface area contributed by atoms with Gasteiger partial charge in [-0.1, -0.05) is 72.8 Å². The quantitative estimate of drug-likeness (QED) is 0.267. The number of thiazole rings is 1. The molecule has 0 bridgehead atoms. The predicted molar refractivity (Wildman–Crippen MR) is 155 cm³/mol. The Morgan fingerprint density at radius 3 is 2.32 bits per heavy atom. The van der Waals surface area contributed by atoms with Gasteiger partial charge in [0.05, 0.1) is 13.2 Å². The number of hydrogen-bond donors (Lipinski definition) is 1. The SMILES string of the molecule is O=C(Nc1cccc(-c2nccs2)c1)N(CCC(c1ccccc1)c1ccccc1)CCN1CCOCC1. The highest BCUT2D eigenvalue weighted by molar-refractivity contribution is 7.13. The van der Waals surface area contributed by atoms with Crippen molar-refractivity contribution in [1.82, 2.24) is 14.8 Å². The van der Waals surface area contributed by atoms with Gasteiger partial charge in [0.2, 0.25) is 0 Å². The van der Waals surface area contributed by atoms with Gasteiger partial charge >= 0.3 is 6.03 Å². The van der Waals surface area contributed by atoms with E-state index in [1.807, 2.05) is 46.7 Å². The number of rotatable bonds is 10. The van der Waals surface area contributed by atoms with Gasteiger partial charge in [-0.05, 0) is 29.7 Å². The fourth-order valence-electron chi connectivity index (χ4n) is 4.88. The van der Waals surface area contributed by atoms with E-state index in [0.29, 0.717) is 13.1 Å². The number of carbonyl (C=O) groups excluding carboxylic acids is 1. The second-order valence-electron chi connectivity index (χ2n) is 9.45. The molecule has 3 aromatic carbocycles. The van der Waals surface area contributed by atoms with Gasteiger partial charge in [0.25, 0.3) is 0 Å². The van der Waals surface area contributed by atoms with Crippen LogP contribution in [0.1, 0.15) is 23.5 Å². The van der Waals surface area contributed by atoms with E-state index in [4.69, 9.17) is 4.74 Å². The lowest BCUT2D eigenvalue weighted by atomic mass is 9.88. The van der Waals surface area contributed by atoms with Crippen molar-refractivity contribution in [2.24, 2.45) is 0 Å². The van der Waals surface area contributed by atoms with Crippen molar-refractivity contribution >= 4 is 23.1 Å². The number of nitrogens with zero attached hydrogens (tertiary/aromatic N) is 3. The molecule has 4 aromatic rings. The number of anilines is 1. The molecule has 1 aliphatic heterocycles. The number of carbonyl (C=O) groups is 1. The maximum Gasteiger partial charge on any atom is 0.321 e. The van der Waals surface area contributed by atoms with Crippen LogP contribution in [-0.4, -0.2) is 66.8 Å². The van der Waals surface area contributed by atoms with E-state index in [9.17, 15) is 4.79 Å². The maximum absolute atomic E-state index is 13.6. The lowest BCUT2D eigenvalue weighted by molar-refractivity contribution is 0.0351. The summed E-state index contributed by atoms with van der Waals surface area (Å²) < 4.78 is 5.51. The van der Waals surface area contributed by atoms with E-state index >= 15 is 0 Å². The molecule has 6 nitrogen and oxygen atoms in total. The standard InChI is InChI=1S/C31H34N4O2S/c36-31(33-28-13-7-12-27(24-28)30-32-15-23-38-30)35(18-17-34-19-21-37-22-20-34)16-14-29(25-8-3-1-4-9-25)26-10-5-2-6-11-26/h1-13,15,23-24,29H,14,16-22H2,(H,33,36). The van der Waals surface area contributed by atoms with Crippen LogP contribution < -0.4 is 5.32 Å². The maximum atomic E-state index is 13.6. The third kappa shape index (κ3) is 7.07. The molecule has 5 rings (SSSR count). The molecular weight excluding hydrogens is 492 g/mol. The second-order valence-corrected chi connectivity index (χ2v) is 10.3. The molecule has 1 aliphatic rings. The van der Waals surface area contributed by atoms with E-state index < -0.39 is 0 Å². The number of morpholine rings is 1. The van der Waals surface area contributed by atoms with Gasteiger partial charge in [0.1, 0.15) is 5.01 Å². The number of amides is 2. The highest BCUT2D eigenvalue weighted by Gasteiger charge is 2.21. The zero-order chi connectivity index (χ0) is 26.0. The van der Waals surface area contributed by atoms with Crippen LogP contribution in [0.4, 0.5) is 10.5 Å². The third-order valence-corrected chi connectivity index (χ3v) is 7.78. The summed E-state index contributed by atoms with van der Waals surface area (Å²) in [6.45, 7) is 5.45. The minimum atomic E-state index is -0.0746. The van der Waals surface area contributed by atoms with Crippen molar-refractivity contribution in [3.05, 3.63) is 108 Å². The van der Waals surface area contributed by atoms with Gasteiger partial charge in [-0.3, -0.25) is 4.90 Å². The fourth-order valence-corrected chi connectivity index (χ4v) is 5.52. The Bertz CT molecular complexity index is 1220. The van der Waals surface area contributed by atoms with Gasteiger partial charge < -0.3 is 15.0 Å². The number of benzene rings is 3. The third-order valence-electron chi connectivity index (χ3n) is 6.96. The smallest absolute Gasteiger partial charge is 0.321 e. The minimum absolute atomic E-state index is 0.0746. The topological polar surface area (TPSA) is 57.7 Å². The normalized spacial score (nSPS) is 13.9. The summed E-state index contributed by atoms with van der Waals surface area (Å²) in [5.74, 6) is 0.212. The molecule has 0 aliphatic carbocycles. The molecule has 1 fully saturated rings. The summed E-state index contributed by atoms with van der Waals surface area (Å²) in [6, 6.07) is 29.0. The van der Waals surface area contributed by atoms with Crippen LogP contribution in [0.2, 0.25) is 0 Å². The highest BCUT2D eigenvalue weighted by Crippen LogP contribution is 2.29. The Morgan fingerprint density at radius 1 is 0.947 bits per heavy atom. The Balaban J connectivity index is 1.32. The first-order chi connectivity index (χ1) is 18.8. The molecule has 1 saturated heterocycles. The van der Waals surface area contributed by atoms with Gasteiger partial charge in [0, 0.05) is 61.5 Å². The van der Waals surface area contributed by atoms with Crippen LogP contribution >= 0.6 is 11.3 Å². The van der Waals surface area contributed by atoms with Gasteiger partial charge in [-0.15, -0.1) is 11.3 Å². The van der Waals surface area contributed by atoms with Crippen LogP contribution in [0, 0.1) is 0 Å². The molecule has 7 heteroatoms. The first kappa shape index (κ1) is 26.1. The Hall–Kier alpha value is -3.52. The van der Waals surface area contributed by atoms with Gasteiger partial charge in [-0.25, -0.2) is 9.78 Å². The van der Waals surface area contributed by atoms with Crippen LogP contribution in [0.5, 0.6) is 0 Å². The first-order valence-electron chi connectivity index (χ1n) is 13.2. The van der Waals surface area contributed by atoms with Crippen molar-refractivity contribution in [3.63, 3.8) is 0 Å². The van der Waals surface area contributed by atoms with E-state index in [0.717, 1.165) is 55.5 Å². The molecule has 1 N–H and O–H groups in total. The molecule has 2 heterocycles. The Kier molecular flexibility index (Phi) is 9.15. The number of aromatic nitrogens is 1. The van der Waals surface area contributed by atoms with Gasteiger partial charge in [0.15, 0.2) is 0 Å². The van der Waals surface area contributed by atoms with Crippen molar-refractivity contribution < 1.29 is 9.53 Å². The summed E-state index contributed by atoms with van der Waals surface area (Å²) in [6.07, 6.45) is 2.64. The van der Waals surface area contributed by atoms with Crippen LogP contribution in [0.25, 0.3) is 10.6 Å². The molecule has 0 atom stereocenters. The molecule has 0 radical (unpaired) electrons. The van der Waals surface area contributed by atoms with E-state index in [2.05, 4.69) is 63.7 Å². The zero-order valence-corrected chi connectivity index (χ0v) is 22.4. The first-order valence-corrected chi connectivity index (χ1v) is 14.1. The zero-order valence-electron chi connectivity index (χ0n) is 21.5. The molecule has 0 spiro atoms. The number of ether oxygens (including phenoxy) is 1. The average Bonchev–Trinajstić information content (AvgIpc) is 3.52.